The lowest BCUT2D eigenvalue weighted by atomic mass is 10.3. The van der Waals surface area contributed by atoms with E-state index in [0.29, 0.717) is 0 Å². The second-order valence-electron chi connectivity index (χ2n) is 4.99. The predicted octanol–water partition coefficient (Wildman–Crippen LogP) is 4.48. The van der Waals surface area contributed by atoms with Gasteiger partial charge in [-0.25, -0.2) is 4.79 Å². The standard InChI is InChI=1S/C18H17N2O2S/c1-14(21)22-20(15-8-4-3-5-9-15)13-12-18-19-16-10-6-7-11-17(16)23(18)2/h3-13H,1-2H3/q+1/b13-12+. The molecule has 2 aromatic carbocycles. The SMILES string of the molecule is CC(=O)ON(/C=C/c1nc2ccccc2[s+]1C)c1ccccc1. The highest BCUT2D eigenvalue weighted by molar-refractivity contribution is 7.36. The molecule has 3 aromatic rings. The average Bonchev–Trinajstić information content (AvgIpc) is 2.88. The number of aromatic nitrogens is 1. The lowest BCUT2D eigenvalue weighted by Gasteiger charge is -2.17. The van der Waals surface area contributed by atoms with E-state index in [-0.39, 0.29) is 16.4 Å². The number of fused-ring (bicyclic) bond motifs is 1. The number of hydrogen-bond donors (Lipinski definition) is 0. The van der Waals surface area contributed by atoms with Gasteiger partial charge in [0.05, 0.1) is 11.9 Å². The van der Waals surface area contributed by atoms with Crippen LogP contribution in [0.5, 0.6) is 0 Å². The number of nitrogens with zero attached hydrogens (tertiary/aromatic N) is 2. The molecule has 1 heterocycles. The summed E-state index contributed by atoms with van der Waals surface area (Å²) in [5.74, 6) is -0.370. The third-order valence-electron chi connectivity index (χ3n) is 3.33. The molecule has 0 saturated carbocycles. The van der Waals surface area contributed by atoms with E-state index in [1.165, 1.54) is 16.7 Å². The number of carbonyl (C=O) groups is 1. The first-order valence-corrected chi connectivity index (χ1v) is 8.83. The van der Waals surface area contributed by atoms with E-state index in [2.05, 4.69) is 17.3 Å². The maximum absolute atomic E-state index is 11.3. The van der Waals surface area contributed by atoms with Crippen molar-refractivity contribution in [3.8, 4) is 0 Å². The Balaban J connectivity index is 1.93. The van der Waals surface area contributed by atoms with Gasteiger partial charge >= 0.3 is 5.97 Å². The molecule has 0 N–H and O–H groups in total. The van der Waals surface area contributed by atoms with Crippen LogP contribution in [-0.2, 0) is 15.9 Å². The molecule has 0 bridgehead atoms. The molecule has 116 valence electrons. The van der Waals surface area contributed by atoms with Crippen LogP contribution in [0, 0.1) is 0 Å². The Morgan fingerprint density at radius 3 is 2.52 bits per heavy atom. The molecule has 5 heteroatoms. The quantitative estimate of drug-likeness (QED) is 0.524. The molecular weight excluding hydrogens is 308 g/mol. The Labute approximate surface area is 137 Å². The second-order valence-corrected chi connectivity index (χ2v) is 6.87. The Morgan fingerprint density at radius 1 is 1.13 bits per heavy atom. The Bertz CT molecular complexity index is 856. The van der Waals surface area contributed by atoms with Gasteiger partial charge in [-0.2, -0.15) is 10.0 Å². The number of aryl methyl sites for hydroxylation is 1. The van der Waals surface area contributed by atoms with Crippen LogP contribution in [0.2, 0.25) is 0 Å². The van der Waals surface area contributed by atoms with Gasteiger partial charge in [0.25, 0.3) is 5.01 Å². The summed E-state index contributed by atoms with van der Waals surface area (Å²) >= 11 is 0. The van der Waals surface area contributed by atoms with Crippen molar-refractivity contribution >= 4 is 38.4 Å². The zero-order chi connectivity index (χ0) is 16.2. The third-order valence-corrected chi connectivity index (χ3v) is 5.19. The number of benzene rings is 2. The summed E-state index contributed by atoms with van der Waals surface area (Å²) in [5.41, 5.74) is 1.79. The molecule has 0 spiro atoms. The van der Waals surface area contributed by atoms with Crippen LogP contribution in [0.25, 0.3) is 16.3 Å². The second kappa shape index (κ2) is 6.62. The maximum Gasteiger partial charge on any atom is 0.329 e. The zero-order valence-electron chi connectivity index (χ0n) is 13.0. The van der Waals surface area contributed by atoms with Crippen molar-refractivity contribution in [3.05, 3.63) is 65.8 Å². The van der Waals surface area contributed by atoms with Crippen LogP contribution in [0.4, 0.5) is 5.69 Å². The molecule has 0 fully saturated rings. The number of hydrogen-bond acceptors (Lipinski definition) is 4. The van der Waals surface area contributed by atoms with E-state index < -0.39 is 0 Å². The van der Waals surface area contributed by atoms with Crippen LogP contribution in [0.1, 0.15) is 11.9 Å². The van der Waals surface area contributed by atoms with Gasteiger partial charge in [-0.3, -0.25) is 0 Å². The fraction of sp³-hybridized carbons (Fsp3) is 0.111. The van der Waals surface area contributed by atoms with Gasteiger partial charge in [-0.15, -0.1) is 0 Å². The van der Waals surface area contributed by atoms with E-state index in [1.807, 2.05) is 54.6 Å². The number of thiazole rings is 1. The van der Waals surface area contributed by atoms with E-state index in [9.17, 15) is 4.79 Å². The fourth-order valence-corrected chi connectivity index (χ4v) is 3.70. The molecule has 1 aromatic heterocycles. The Morgan fingerprint density at radius 2 is 1.83 bits per heavy atom. The number of carbonyl (C=O) groups excluding carboxylic acids is 1. The molecule has 0 aliphatic heterocycles. The van der Waals surface area contributed by atoms with E-state index in [4.69, 9.17) is 4.84 Å². The lowest BCUT2D eigenvalue weighted by molar-refractivity contribution is -0.141. The summed E-state index contributed by atoms with van der Waals surface area (Å²) in [6.45, 7) is 1.39. The smallest absolute Gasteiger partial charge is 0.329 e. The van der Waals surface area contributed by atoms with E-state index in [0.717, 1.165) is 16.2 Å². The molecule has 0 saturated heterocycles. The molecule has 1 atom stereocenters. The molecule has 1 unspecified atom stereocenters. The van der Waals surface area contributed by atoms with Crippen molar-refractivity contribution in [2.24, 2.45) is 6.26 Å². The highest BCUT2D eigenvalue weighted by Gasteiger charge is 2.16. The largest absolute Gasteiger partial charge is 0.337 e. The lowest BCUT2D eigenvalue weighted by Crippen LogP contribution is -2.19. The number of para-hydroxylation sites is 2. The van der Waals surface area contributed by atoms with Gasteiger partial charge in [0.1, 0.15) is 11.8 Å². The molecule has 4 nitrogen and oxygen atoms in total. The van der Waals surface area contributed by atoms with Crippen LogP contribution >= 0.6 is 10.5 Å². The van der Waals surface area contributed by atoms with Crippen LogP contribution in [0.3, 0.4) is 0 Å². The molecule has 23 heavy (non-hydrogen) atoms. The summed E-state index contributed by atoms with van der Waals surface area (Å²) < 4.78 is 1.24. The van der Waals surface area contributed by atoms with Crippen LogP contribution in [0.15, 0.2) is 60.8 Å². The van der Waals surface area contributed by atoms with Crippen LogP contribution in [-0.4, -0.2) is 11.0 Å². The number of anilines is 1. The molecular formula is C18H17N2O2S+. The monoisotopic (exact) mass is 325 g/mol. The van der Waals surface area contributed by atoms with Gasteiger partial charge in [-0.05, 0) is 18.2 Å². The molecule has 0 aliphatic carbocycles. The van der Waals surface area contributed by atoms with Gasteiger partial charge < -0.3 is 4.84 Å². The summed E-state index contributed by atoms with van der Waals surface area (Å²) in [5, 5.41) is 2.43. The van der Waals surface area contributed by atoms with Crippen molar-refractivity contribution in [1.82, 2.24) is 4.98 Å². The molecule has 0 radical (unpaired) electrons. The highest BCUT2D eigenvalue weighted by atomic mass is 32.2. The average molecular weight is 325 g/mol. The third kappa shape index (κ3) is 3.40. The normalized spacial score (nSPS) is 11.8. The first-order valence-electron chi connectivity index (χ1n) is 7.20. The molecule has 0 aliphatic rings. The van der Waals surface area contributed by atoms with Gasteiger partial charge in [0, 0.05) is 29.5 Å². The molecule has 0 amide bonds. The van der Waals surface area contributed by atoms with E-state index in [1.54, 1.807) is 6.20 Å². The van der Waals surface area contributed by atoms with Crippen molar-refractivity contribution in [3.63, 3.8) is 0 Å². The maximum atomic E-state index is 11.3. The summed E-state index contributed by atoms with van der Waals surface area (Å²) in [7, 11) is -0.0750. The first kappa shape index (κ1) is 15.2. The summed E-state index contributed by atoms with van der Waals surface area (Å²) in [6.07, 6.45) is 5.79. The Kier molecular flexibility index (Phi) is 4.39. The molecule has 3 rings (SSSR count). The first-order chi connectivity index (χ1) is 11.1. The summed E-state index contributed by atoms with van der Waals surface area (Å²) in [6, 6.07) is 17.6. The van der Waals surface area contributed by atoms with Gasteiger partial charge in [0.2, 0.25) is 4.70 Å². The summed E-state index contributed by atoms with van der Waals surface area (Å²) in [4.78, 5) is 21.3. The highest BCUT2D eigenvalue weighted by Crippen LogP contribution is 2.32. The van der Waals surface area contributed by atoms with Crippen molar-refractivity contribution in [2.45, 2.75) is 6.92 Å². The fourth-order valence-electron chi connectivity index (χ4n) is 2.26. The van der Waals surface area contributed by atoms with Gasteiger partial charge in [0.15, 0.2) is 0 Å². The number of hydroxylamine groups is 1. The Hall–Kier alpha value is -2.66. The van der Waals surface area contributed by atoms with Crippen LogP contribution < -0.4 is 5.06 Å². The number of rotatable bonds is 4. The minimum absolute atomic E-state index is 0.0750. The van der Waals surface area contributed by atoms with Gasteiger partial charge in [-0.1, -0.05) is 30.3 Å². The minimum Gasteiger partial charge on any atom is -0.337 e. The van der Waals surface area contributed by atoms with Crippen molar-refractivity contribution < 1.29 is 9.63 Å². The topological polar surface area (TPSA) is 42.4 Å². The van der Waals surface area contributed by atoms with Crippen molar-refractivity contribution in [1.29, 1.82) is 0 Å². The van der Waals surface area contributed by atoms with E-state index >= 15 is 0 Å². The predicted molar refractivity (Wildman–Crippen MR) is 94.9 cm³/mol. The minimum atomic E-state index is -0.370. The van der Waals surface area contributed by atoms with Crippen molar-refractivity contribution in [2.75, 3.05) is 5.06 Å². The zero-order valence-corrected chi connectivity index (χ0v) is 13.8.